The number of aryl methyl sites for hydroxylation is 1. The Morgan fingerprint density at radius 1 is 0.897 bits per heavy atom. The summed E-state index contributed by atoms with van der Waals surface area (Å²) < 4.78 is 5.71. The Labute approximate surface area is 171 Å². The zero-order valence-corrected chi connectivity index (χ0v) is 16.5. The van der Waals surface area contributed by atoms with Gasteiger partial charge in [0.2, 0.25) is 17.7 Å². The normalized spacial score (nSPS) is 15.2. The fraction of sp³-hybridized carbons (Fsp3) is 0.348. The molecule has 0 atom stereocenters. The van der Waals surface area contributed by atoms with Crippen LogP contribution in [0.4, 0.5) is 0 Å². The lowest BCUT2D eigenvalue weighted by Gasteiger charge is -2.22. The van der Waals surface area contributed by atoms with Crippen molar-refractivity contribution in [2.75, 3.05) is 26.2 Å². The highest BCUT2D eigenvalue weighted by Gasteiger charge is 2.20. The van der Waals surface area contributed by atoms with Crippen LogP contribution in [0.3, 0.4) is 0 Å². The number of hydrogen-bond acceptors (Lipinski definition) is 5. The molecule has 1 aliphatic heterocycles. The number of aromatic nitrogens is 2. The molecule has 1 fully saturated rings. The van der Waals surface area contributed by atoms with E-state index in [1.807, 2.05) is 41.3 Å². The zero-order chi connectivity index (χ0) is 19.9. The van der Waals surface area contributed by atoms with Gasteiger partial charge in [0.25, 0.3) is 0 Å². The van der Waals surface area contributed by atoms with E-state index in [1.165, 1.54) is 5.56 Å². The lowest BCUT2D eigenvalue weighted by molar-refractivity contribution is -0.131. The van der Waals surface area contributed by atoms with Crippen molar-refractivity contribution in [3.8, 4) is 11.5 Å². The first kappa shape index (κ1) is 19.3. The van der Waals surface area contributed by atoms with E-state index in [4.69, 9.17) is 4.42 Å². The van der Waals surface area contributed by atoms with Gasteiger partial charge in [-0.25, -0.2) is 0 Å². The van der Waals surface area contributed by atoms with Crippen LogP contribution in [-0.2, 0) is 17.8 Å². The predicted molar refractivity (Wildman–Crippen MR) is 111 cm³/mol. The summed E-state index contributed by atoms with van der Waals surface area (Å²) in [5.41, 5.74) is 2.21. The predicted octanol–water partition coefficient (Wildman–Crippen LogP) is 3.40. The van der Waals surface area contributed by atoms with Crippen LogP contribution in [-0.4, -0.2) is 52.1 Å². The molecule has 0 unspecified atom stereocenters. The number of benzene rings is 2. The van der Waals surface area contributed by atoms with Gasteiger partial charge in [-0.05, 0) is 24.1 Å². The summed E-state index contributed by atoms with van der Waals surface area (Å²) in [6.07, 6.45) is 1.87. The van der Waals surface area contributed by atoms with Crippen molar-refractivity contribution in [3.63, 3.8) is 0 Å². The third-order valence-electron chi connectivity index (χ3n) is 5.23. The monoisotopic (exact) mass is 390 g/mol. The van der Waals surface area contributed by atoms with Crippen LogP contribution in [0, 0.1) is 0 Å². The van der Waals surface area contributed by atoms with Crippen LogP contribution in [0.1, 0.15) is 24.3 Å². The maximum absolute atomic E-state index is 12.7. The van der Waals surface area contributed by atoms with Gasteiger partial charge in [-0.15, -0.1) is 10.2 Å². The Hall–Kier alpha value is -2.99. The van der Waals surface area contributed by atoms with E-state index < -0.39 is 0 Å². The summed E-state index contributed by atoms with van der Waals surface area (Å²) >= 11 is 0. The topological polar surface area (TPSA) is 62.5 Å². The number of carbonyl (C=O) groups is 1. The Morgan fingerprint density at radius 2 is 1.66 bits per heavy atom. The van der Waals surface area contributed by atoms with Gasteiger partial charge in [-0.2, -0.15) is 0 Å². The van der Waals surface area contributed by atoms with E-state index in [0.29, 0.717) is 24.6 Å². The van der Waals surface area contributed by atoms with Crippen LogP contribution < -0.4 is 0 Å². The molecule has 4 rings (SSSR count). The molecular formula is C23H26N4O2. The van der Waals surface area contributed by atoms with E-state index in [2.05, 4.69) is 39.4 Å². The van der Waals surface area contributed by atoms with Crippen LogP contribution in [0.5, 0.6) is 0 Å². The Bertz CT molecular complexity index is 911. The van der Waals surface area contributed by atoms with Crippen molar-refractivity contribution in [1.82, 2.24) is 20.0 Å². The second kappa shape index (κ2) is 9.47. The first-order chi connectivity index (χ1) is 14.3. The van der Waals surface area contributed by atoms with E-state index in [9.17, 15) is 4.79 Å². The highest BCUT2D eigenvalue weighted by molar-refractivity contribution is 5.76. The van der Waals surface area contributed by atoms with Crippen molar-refractivity contribution >= 4 is 5.91 Å². The maximum atomic E-state index is 12.7. The van der Waals surface area contributed by atoms with Crippen molar-refractivity contribution in [2.45, 2.75) is 25.8 Å². The van der Waals surface area contributed by atoms with Crippen LogP contribution in [0.2, 0.25) is 0 Å². The fourth-order valence-electron chi connectivity index (χ4n) is 3.64. The SMILES string of the molecule is O=C(CCc1nnc(-c2ccccc2)o1)N1CCCN(Cc2ccccc2)CC1. The largest absolute Gasteiger partial charge is 0.421 e. The Kier molecular flexibility index (Phi) is 6.32. The van der Waals surface area contributed by atoms with Crippen molar-refractivity contribution in [2.24, 2.45) is 0 Å². The second-order valence-electron chi connectivity index (χ2n) is 7.36. The van der Waals surface area contributed by atoms with Gasteiger partial charge in [0.1, 0.15) is 0 Å². The Balaban J connectivity index is 1.26. The second-order valence-corrected chi connectivity index (χ2v) is 7.36. The molecule has 0 N–H and O–H groups in total. The van der Waals surface area contributed by atoms with Crippen molar-refractivity contribution in [3.05, 3.63) is 72.1 Å². The summed E-state index contributed by atoms with van der Waals surface area (Å²) in [6.45, 7) is 4.43. The number of rotatable bonds is 6. The summed E-state index contributed by atoms with van der Waals surface area (Å²) in [7, 11) is 0. The molecule has 29 heavy (non-hydrogen) atoms. The molecule has 0 saturated carbocycles. The minimum absolute atomic E-state index is 0.158. The van der Waals surface area contributed by atoms with Crippen LogP contribution in [0.25, 0.3) is 11.5 Å². The van der Waals surface area contributed by atoms with Gasteiger partial charge in [-0.3, -0.25) is 9.69 Å². The van der Waals surface area contributed by atoms with E-state index >= 15 is 0 Å². The molecule has 1 saturated heterocycles. The summed E-state index contributed by atoms with van der Waals surface area (Å²) in [4.78, 5) is 17.1. The number of carbonyl (C=O) groups excluding carboxylic acids is 1. The Morgan fingerprint density at radius 3 is 2.45 bits per heavy atom. The molecule has 0 bridgehead atoms. The third-order valence-corrected chi connectivity index (χ3v) is 5.23. The van der Waals surface area contributed by atoms with E-state index in [1.54, 1.807) is 0 Å². The molecule has 0 spiro atoms. The minimum atomic E-state index is 0.158. The van der Waals surface area contributed by atoms with Gasteiger partial charge in [0.15, 0.2) is 0 Å². The van der Waals surface area contributed by atoms with Gasteiger partial charge >= 0.3 is 0 Å². The molecule has 0 radical (unpaired) electrons. The minimum Gasteiger partial charge on any atom is -0.421 e. The molecule has 0 aliphatic carbocycles. The first-order valence-corrected chi connectivity index (χ1v) is 10.2. The average molecular weight is 390 g/mol. The molecule has 1 amide bonds. The smallest absolute Gasteiger partial charge is 0.247 e. The maximum Gasteiger partial charge on any atom is 0.247 e. The average Bonchev–Trinajstić information content (AvgIpc) is 3.12. The van der Waals surface area contributed by atoms with Crippen molar-refractivity contribution in [1.29, 1.82) is 0 Å². The number of nitrogens with zero attached hydrogens (tertiary/aromatic N) is 4. The molecule has 3 aromatic rings. The molecule has 150 valence electrons. The molecule has 1 aromatic heterocycles. The quantitative estimate of drug-likeness (QED) is 0.645. The molecular weight excluding hydrogens is 364 g/mol. The first-order valence-electron chi connectivity index (χ1n) is 10.2. The molecule has 1 aliphatic rings. The highest BCUT2D eigenvalue weighted by atomic mass is 16.4. The van der Waals surface area contributed by atoms with Gasteiger partial charge in [0, 0.05) is 51.1 Å². The lowest BCUT2D eigenvalue weighted by Crippen LogP contribution is -2.35. The number of hydrogen-bond donors (Lipinski definition) is 0. The van der Waals surface area contributed by atoms with Gasteiger partial charge < -0.3 is 9.32 Å². The molecule has 6 heteroatoms. The van der Waals surface area contributed by atoms with Crippen LogP contribution in [0.15, 0.2) is 65.1 Å². The molecule has 6 nitrogen and oxygen atoms in total. The van der Waals surface area contributed by atoms with Gasteiger partial charge in [-0.1, -0.05) is 48.5 Å². The summed E-state index contributed by atoms with van der Waals surface area (Å²) in [5.74, 6) is 1.17. The van der Waals surface area contributed by atoms with E-state index in [0.717, 1.165) is 44.7 Å². The molecule has 2 aromatic carbocycles. The van der Waals surface area contributed by atoms with Crippen molar-refractivity contribution < 1.29 is 9.21 Å². The number of amides is 1. The summed E-state index contributed by atoms with van der Waals surface area (Å²) in [6, 6.07) is 20.2. The fourth-order valence-corrected chi connectivity index (χ4v) is 3.64. The molecule has 2 heterocycles. The highest BCUT2D eigenvalue weighted by Crippen LogP contribution is 2.18. The third kappa shape index (κ3) is 5.29. The van der Waals surface area contributed by atoms with Gasteiger partial charge in [0.05, 0.1) is 0 Å². The summed E-state index contributed by atoms with van der Waals surface area (Å²) in [5, 5.41) is 8.18. The van der Waals surface area contributed by atoms with E-state index in [-0.39, 0.29) is 5.91 Å². The zero-order valence-electron chi connectivity index (χ0n) is 16.5. The van der Waals surface area contributed by atoms with Crippen LogP contribution >= 0.6 is 0 Å². The lowest BCUT2D eigenvalue weighted by atomic mass is 10.2. The standard InChI is InChI=1S/C23H26N4O2/c28-22(13-12-21-24-25-23(29-21)20-10-5-2-6-11-20)27-15-7-14-26(16-17-27)18-19-8-3-1-4-9-19/h1-6,8-11H,7,12-18H2.